The van der Waals surface area contributed by atoms with Gasteiger partial charge in [0.2, 0.25) is 5.91 Å². The average molecular weight is 399 g/mol. The summed E-state index contributed by atoms with van der Waals surface area (Å²) in [6.45, 7) is 1.98. The smallest absolute Gasteiger partial charge is 0.251 e. The first-order chi connectivity index (χ1) is 14.4. The molecule has 1 saturated carbocycles. The molecule has 4 rings (SSSR count). The van der Waals surface area contributed by atoms with Crippen LogP contribution in [0.2, 0.25) is 0 Å². The Hall–Kier alpha value is -3.92. The Bertz CT molecular complexity index is 1230. The molecule has 2 amide bonds. The second-order valence-corrected chi connectivity index (χ2v) is 7.53. The molecule has 7 nitrogen and oxygen atoms in total. The summed E-state index contributed by atoms with van der Waals surface area (Å²) in [4.78, 5) is 28.6. The van der Waals surface area contributed by atoms with Gasteiger partial charge in [0.05, 0.1) is 17.9 Å². The van der Waals surface area contributed by atoms with Crippen LogP contribution in [0.15, 0.2) is 42.6 Å². The lowest BCUT2D eigenvalue weighted by molar-refractivity contribution is -0.117. The number of nitrogens with two attached hydrogens (primary N) is 1. The topological polar surface area (TPSA) is 121 Å². The van der Waals surface area contributed by atoms with E-state index in [0.29, 0.717) is 23.5 Å². The first-order valence-corrected chi connectivity index (χ1v) is 9.64. The Labute approximate surface area is 173 Å². The molecule has 1 aliphatic carbocycles. The Morgan fingerprint density at radius 1 is 1.23 bits per heavy atom. The van der Waals surface area contributed by atoms with Crippen molar-refractivity contribution in [3.05, 3.63) is 53.7 Å². The van der Waals surface area contributed by atoms with Gasteiger partial charge in [0, 0.05) is 29.9 Å². The summed E-state index contributed by atoms with van der Waals surface area (Å²) in [7, 11) is 1.60. The van der Waals surface area contributed by atoms with Crippen LogP contribution in [0.3, 0.4) is 0 Å². The number of aromatic nitrogens is 1. The summed E-state index contributed by atoms with van der Waals surface area (Å²) in [6.07, 6.45) is 2.22. The van der Waals surface area contributed by atoms with Crippen molar-refractivity contribution < 1.29 is 9.59 Å². The van der Waals surface area contributed by atoms with Gasteiger partial charge in [-0.15, -0.1) is 0 Å². The summed E-state index contributed by atoms with van der Waals surface area (Å²) in [6, 6.07) is 13.2. The highest BCUT2D eigenvalue weighted by Gasteiger charge is 2.43. The van der Waals surface area contributed by atoms with Crippen LogP contribution in [0.25, 0.3) is 21.9 Å². The van der Waals surface area contributed by atoms with E-state index in [1.54, 1.807) is 25.4 Å². The zero-order valence-corrected chi connectivity index (χ0v) is 16.7. The number of pyridine rings is 1. The van der Waals surface area contributed by atoms with Gasteiger partial charge >= 0.3 is 0 Å². The monoisotopic (exact) mass is 399 g/mol. The van der Waals surface area contributed by atoms with Crippen LogP contribution in [0.5, 0.6) is 0 Å². The number of amides is 2. The highest BCUT2D eigenvalue weighted by atomic mass is 16.2. The zero-order valence-electron chi connectivity index (χ0n) is 16.7. The van der Waals surface area contributed by atoms with E-state index in [2.05, 4.69) is 21.7 Å². The lowest BCUT2D eigenvalue weighted by Crippen LogP contribution is -2.17. The minimum atomic E-state index is -0.265. The van der Waals surface area contributed by atoms with Crippen LogP contribution in [0.4, 0.5) is 11.5 Å². The molecule has 0 bridgehead atoms. The van der Waals surface area contributed by atoms with E-state index in [1.165, 1.54) is 0 Å². The summed E-state index contributed by atoms with van der Waals surface area (Å²) >= 11 is 0. The predicted octanol–water partition coefficient (Wildman–Crippen LogP) is 3.25. The van der Waals surface area contributed by atoms with Gasteiger partial charge in [-0.3, -0.25) is 9.59 Å². The van der Waals surface area contributed by atoms with Gasteiger partial charge in [-0.2, -0.15) is 5.26 Å². The second kappa shape index (κ2) is 7.48. The predicted molar refractivity (Wildman–Crippen MR) is 116 cm³/mol. The molecule has 30 heavy (non-hydrogen) atoms. The molecule has 1 aromatic heterocycles. The van der Waals surface area contributed by atoms with Gasteiger partial charge in [0.25, 0.3) is 5.91 Å². The van der Waals surface area contributed by atoms with E-state index in [-0.39, 0.29) is 23.7 Å². The molecule has 0 radical (unpaired) electrons. The lowest BCUT2D eigenvalue weighted by atomic mass is 9.95. The van der Waals surface area contributed by atoms with Crippen molar-refractivity contribution in [1.29, 1.82) is 5.26 Å². The van der Waals surface area contributed by atoms with Gasteiger partial charge < -0.3 is 16.4 Å². The van der Waals surface area contributed by atoms with Crippen LogP contribution in [-0.2, 0) is 4.79 Å². The molecule has 4 N–H and O–H groups in total. The van der Waals surface area contributed by atoms with Crippen LogP contribution >= 0.6 is 0 Å². The Morgan fingerprint density at radius 2 is 2.03 bits per heavy atom. The van der Waals surface area contributed by atoms with E-state index in [4.69, 9.17) is 11.0 Å². The zero-order chi connectivity index (χ0) is 21.4. The summed E-state index contributed by atoms with van der Waals surface area (Å²) in [5.41, 5.74) is 10.2. The Balaban J connectivity index is 1.71. The molecular weight excluding hydrogens is 378 g/mol. The molecule has 1 heterocycles. The second-order valence-electron chi connectivity index (χ2n) is 7.53. The van der Waals surface area contributed by atoms with Crippen LogP contribution in [0.1, 0.15) is 22.3 Å². The van der Waals surface area contributed by atoms with Crippen molar-refractivity contribution in [2.45, 2.75) is 13.3 Å². The Morgan fingerprint density at radius 3 is 2.73 bits per heavy atom. The first kappa shape index (κ1) is 19.4. The molecule has 1 fully saturated rings. The standard InChI is InChI=1S/C23H21N5O2/c1-12-3-4-13(22(29)26-2)6-17(12)14-5-15-9-21(27-11-19(15)20(25)8-14)28-23(30)18-7-16(18)10-24/h3-6,8-9,11,16,18H,7,25H2,1-2H3,(H,26,29)(H,27,28,30)/t16-,18+/m0/s1. The fourth-order valence-electron chi connectivity index (χ4n) is 3.57. The number of nitrogens with zero attached hydrogens (tertiary/aromatic N) is 2. The average Bonchev–Trinajstić information content (AvgIpc) is 3.53. The van der Waals surface area contributed by atoms with E-state index >= 15 is 0 Å². The Kier molecular flexibility index (Phi) is 4.84. The van der Waals surface area contributed by atoms with Gasteiger partial charge in [-0.1, -0.05) is 6.07 Å². The van der Waals surface area contributed by atoms with E-state index in [0.717, 1.165) is 27.5 Å². The molecule has 0 spiro atoms. The van der Waals surface area contributed by atoms with Crippen LogP contribution in [0, 0.1) is 30.1 Å². The molecular formula is C23H21N5O2. The number of aryl methyl sites for hydroxylation is 1. The molecule has 2 atom stereocenters. The molecule has 0 aliphatic heterocycles. The van der Waals surface area contributed by atoms with E-state index in [9.17, 15) is 9.59 Å². The third-order valence-electron chi connectivity index (χ3n) is 5.45. The quantitative estimate of drug-likeness (QED) is 0.582. The lowest BCUT2D eigenvalue weighted by Gasteiger charge is -2.12. The molecule has 2 aromatic carbocycles. The van der Waals surface area contributed by atoms with Gasteiger partial charge in [0.15, 0.2) is 0 Å². The molecule has 0 unspecified atom stereocenters. The van der Waals surface area contributed by atoms with Crippen molar-refractivity contribution >= 4 is 34.1 Å². The number of carbonyl (C=O) groups excluding carboxylic acids is 2. The first-order valence-electron chi connectivity index (χ1n) is 9.64. The molecule has 0 saturated heterocycles. The van der Waals surface area contributed by atoms with Crippen molar-refractivity contribution in [2.24, 2.45) is 11.8 Å². The summed E-state index contributed by atoms with van der Waals surface area (Å²) < 4.78 is 0. The summed E-state index contributed by atoms with van der Waals surface area (Å²) in [5, 5.41) is 15.9. The van der Waals surface area contributed by atoms with Crippen molar-refractivity contribution in [2.75, 3.05) is 18.1 Å². The molecule has 3 aromatic rings. The van der Waals surface area contributed by atoms with E-state index in [1.807, 2.05) is 31.2 Å². The van der Waals surface area contributed by atoms with Gasteiger partial charge in [-0.25, -0.2) is 4.98 Å². The van der Waals surface area contributed by atoms with Gasteiger partial charge in [-0.05, 0) is 65.8 Å². The fraction of sp³-hybridized carbons (Fsp3) is 0.217. The fourth-order valence-corrected chi connectivity index (χ4v) is 3.57. The number of benzene rings is 2. The van der Waals surface area contributed by atoms with Crippen molar-refractivity contribution in [1.82, 2.24) is 10.3 Å². The van der Waals surface area contributed by atoms with Crippen molar-refractivity contribution in [3.63, 3.8) is 0 Å². The number of nitriles is 1. The van der Waals surface area contributed by atoms with Crippen LogP contribution < -0.4 is 16.4 Å². The number of nitrogen functional groups attached to an aromatic ring is 1. The SMILES string of the molecule is CNC(=O)c1ccc(C)c(-c2cc(N)c3cnc(NC(=O)[C@@H]4C[C@H]4C#N)cc3c2)c1. The molecule has 150 valence electrons. The molecule has 1 aliphatic rings. The summed E-state index contributed by atoms with van der Waals surface area (Å²) in [5.74, 6) is -0.396. The van der Waals surface area contributed by atoms with E-state index < -0.39 is 0 Å². The number of anilines is 2. The van der Waals surface area contributed by atoms with Crippen molar-refractivity contribution in [3.8, 4) is 17.2 Å². The number of rotatable bonds is 4. The van der Waals surface area contributed by atoms with Gasteiger partial charge in [0.1, 0.15) is 5.82 Å². The normalized spacial score (nSPS) is 17.2. The minimum absolute atomic E-state index is 0.157. The molecule has 7 heteroatoms. The number of hydrogen-bond donors (Lipinski definition) is 3. The number of hydrogen-bond acceptors (Lipinski definition) is 5. The maximum absolute atomic E-state index is 12.2. The third-order valence-corrected chi connectivity index (χ3v) is 5.45. The number of carbonyl (C=O) groups is 2. The highest BCUT2D eigenvalue weighted by Crippen LogP contribution is 2.38. The minimum Gasteiger partial charge on any atom is -0.398 e. The van der Waals surface area contributed by atoms with Crippen LogP contribution in [-0.4, -0.2) is 23.8 Å². The highest BCUT2D eigenvalue weighted by molar-refractivity contribution is 6.01. The number of nitrogens with one attached hydrogen (secondary N) is 2. The third kappa shape index (κ3) is 3.55. The maximum Gasteiger partial charge on any atom is 0.251 e. The largest absolute Gasteiger partial charge is 0.398 e. The maximum atomic E-state index is 12.2. The number of fused-ring (bicyclic) bond motifs is 1.